The van der Waals surface area contributed by atoms with Gasteiger partial charge < -0.3 is 0 Å². The van der Waals surface area contributed by atoms with Crippen molar-refractivity contribution in [1.82, 2.24) is 0 Å². The van der Waals surface area contributed by atoms with E-state index in [4.69, 9.17) is 0 Å². The van der Waals surface area contributed by atoms with Gasteiger partial charge in [0.15, 0.2) is 0 Å². The zero-order valence-corrected chi connectivity index (χ0v) is 8.75. The van der Waals surface area contributed by atoms with E-state index in [1.54, 1.807) is 0 Å². The smallest absolute Gasteiger partial charge is 0.289 e. The van der Waals surface area contributed by atoms with Crippen LogP contribution < -0.4 is 0 Å². The molecule has 0 bridgehead atoms. The second-order valence-corrected chi connectivity index (χ2v) is 3.47. The number of non-ortho nitro benzene ring substituents is 1. The van der Waals surface area contributed by atoms with Crippen LogP contribution in [-0.2, 0) is 11.2 Å². The van der Waals surface area contributed by atoms with Crippen LogP contribution in [0.2, 0.25) is 0 Å². The van der Waals surface area contributed by atoms with Gasteiger partial charge in [-0.05, 0) is 18.1 Å². The molecule has 4 nitrogen and oxygen atoms in total. The fourth-order valence-corrected chi connectivity index (χ4v) is 1.24. The number of Topliss-reactive ketones (excluding diaryl/α,β-unsaturated/α-hetero) is 1. The summed E-state index contributed by atoms with van der Waals surface area (Å²) in [7, 11) is 0. The fourth-order valence-electron chi connectivity index (χ4n) is 1.24. The molecule has 0 aromatic heterocycles. The zero-order chi connectivity index (χ0) is 13.2. The number of hydrogen-bond donors (Lipinski definition) is 0. The van der Waals surface area contributed by atoms with Crippen LogP contribution in [-0.4, -0.2) is 16.9 Å². The topological polar surface area (TPSA) is 60.2 Å². The fraction of sp³-hybridized carbons (Fsp3) is 0.300. The van der Waals surface area contributed by atoms with Crippen LogP contribution in [0.3, 0.4) is 0 Å². The maximum Gasteiger partial charge on any atom is 0.450 e. The highest BCUT2D eigenvalue weighted by molar-refractivity contribution is 5.86. The minimum absolute atomic E-state index is 0.0153. The summed E-state index contributed by atoms with van der Waals surface area (Å²) in [5, 5.41) is 10.4. The van der Waals surface area contributed by atoms with E-state index in [0.29, 0.717) is 5.56 Å². The van der Waals surface area contributed by atoms with E-state index in [2.05, 4.69) is 0 Å². The number of nitro groups is 1. The lowest BCUT2D eigenvalue weighted by Crippen LogP contribution is -2.24. The summed E-state index contributed by atoms with van der Waals surface area (Å²) in [4.78, 5) is 20.5. The average molecular weight is 247 g/mol. The van der Waals surface area contributed by atoms with Crippen LogP contribution in [0.25, 0.3) is 0 Å². The zero-order valence-electron chi connectivity index (χ0n) is 8.75. The molecule has 1 aromatic rings. The number of alkyl halides is 3. The molecule has 0 radical (unpaired) electrons. The number of hydrogen-bond acceptors (Lipinski definition) is 3. The lowest BCUT2D eigenvalue weighted by atomic mass is 10.0. The molecular weight excluding hydrogens is 239 g/mol. The van der Waals surface area contributed by atoms with Crippen molar-refractivity contribution in [3.05, 3.63) is 39.4 Å². The predicted molar refractivity (Wildman–Crippen MR) is 52.6 cm³/mol. The number of rotatable bonds is 3. The molecule has 17 heavy (non-hydrogen) atoms. The summed E-state index contributed by atoms with van der Waals surface area (Å²) in [6, 6.07) is 3.48. The Morgan fingerprint density at radius 2 is 2.00 bits per heavy atom. The standard InChI is InChI=1S/C10H8F3NO3/c1-6-2-3-8(14(16)17)4-7(6)5-9(15)10(11,12)13/h2-4H,5H2,1H3. The van der Waals surface area contributed by atoms with Gasteiger partial charge in [0.2, 0.25) is 5.78 Å². The van der Waals surface area contributed by atoms with Gasteiger partial charge in [-0.15, -0.1) is 0 Å². The molecule has 0 saturated heterocycles. The van der Waals surface area contributed by atoms with Gasteiger partial charge in [-0.3, -0.25) is 14.9 Å². The normalized spacial score (nSPS) is 11.3. The summed E-state index contributed by atoms with van der Waals surface area (Å²) >= 11 is 0. The lowest BCUT2D eigenvalue weighted by Gasteiger charge is -2.07. The van der Waals surface area contributed by atoms with Crippen molar-refractivity contribution in [2.24, 2.45) is 0 Å². The molecule has 1 rings (SSSR count). The maximum atomic E-state index is 12.0. The van der Waals surface area contributed by atoms with Gasteiger partial charge >= 0.3 is 6.18 Å². The van der Waals surface area contributed by atoms with E-state index < -0.39 is 23.3 Å². The van der Waals surface area contributed by atoms with Crippen LogP contribution in [0.4, 0.5) is 18.9 Å². The van der Waals surface area contributed by atoms with E-state index in [1.807, 2.05) is 0 Å². The lowest BCUT2D eigenvalue weighted by molar-refractivity contribution is -0.384. The van der Waals surface area contributed by atoms with E-state index >= 15 is 0 Å². The first kappa shape index (κ1) is 13.1. The van der Waals surface area contributed by atoms with Crippen molar-refractivity contribution in [3.8, 4) is 0 Å². The summed E-state index contributed by atoms with van der Waals surface area (Å²) < 4.78 is 36.1. The van der Waals surface area contributed by atoms with Gasteiger partial charge in [-0.25, -0.2) is 0 Å². The van der Waals surface area contributed by atoms with E-state index in [1.165, 1.54) is 19.1 Å². The third kappa shape index (κ3) is 3.27. The Hall–Kier alpha value is -1.92. The van der Waals surface area contributed by atoms with Crippen molar-refractivity contribution >= 4 is 11.5 Å². The number of carbonyl (C=O) groups excluding carboxylic acids is 1. The Morgan fingerprint density at radius 3 is 2.47 bits per heavy atom. The first-order valence-corrected chi connectivity index (χ1v) is 4.55. The number of halogens is 3. The molecule has 0 aliphatic heterocycles. The Labute approximate surface area is 94.2 Å². The average Bonchev–Trinajstić information content (AvgIpc) is 2.19. The maximum absolute atomic E-state index is 12.0. The number of aryl methyl sites for hydroxylation is 1. The molecule has 0 unspecified atom stereocenters. The van der Waals surface area contributed by atoms with Crippen LogP contribution in [0.5, 0.6) is 0 Å². The van der Waals surface area contributed by atoms with Crippen LogP contribution in [0.15, 0.2) is 18.2 Å². The summed E-state index contributed by atoms with van der Waals surface area (Å²) in [5.74, 6) is -1.92. The number of nitrogens with zero attached hydrogens (tertiary/aromatic N) is 1. The third-order valence-corrected chi connectivity index (χ3v) is 2.21. The molecule has 7 heteroatoms. The highest BCUT2D eigenvalue weighted by atomic mass is 19.4. The Kier molecular flexibility index (Phi) is 3.50. The van der Waals surface area contributed by atoms with Gasteiger partial charge in [0.05, 0.1) is 4.92 Å². The Bertz CT molecular complexity index is 468. The molecule has 92 valence electrons. The van der Waals surface area contributed by atoms with Crippen molar-refractivity contribution in [2.45, 2.75) is 19.5 Å². The highest BCUT2D eigenvalue weighted by Gasteiger charge is 2.38. The largest absolute Gasteiger partial charge is 0.450 e. The second kappa shape index (κ2) is 4.52. The molecule has 0 heterocycles. The molecule has 0 amide bonds. The summed E-state index contributed by atoms with van der Waals surface area (Å²) in [5.41, 5.74) is 0.0929. The first-order valence-electron chi connectivity index (χ1n) is 4.55. The van der Waals surface area contributed by atoms with E-state index in [0.717, 1.165) is 6.07 Å². The monoisotopic (exact) mass is 247 g/mol. The van der Waals surface area contributed by atoms with Crippen LogP contribution >= 0.6 is 0 Å². The van der Waals surface area contributed by atoms with Crippen LogP contribution in [0, 0.1) is 17.0 Å². The first-order chi connectivity index (χ1) is 7.71. The minimum atomic E-state index is -4.92. The predicted octanol–water partition coefficient (Wildman–Crippen LogP) is 2.58. The molecule has 0 N–H and O–H groups in total. The minimum Gasteiger partial charge on any atom is -0.289 e. The number of benzene rings is 1. The van der Waals surface area contributed by atoms with Gasteiger partial charge in [-0.2, -0.15) is 13.2 Å². The molecule has 0 spiro atoms. The Balaban J connectivity index is 3.02. The number of ketones is 1. The van der Waals surface area contributed by atoms with Crippen LogP contribution in [0.1, 0.15) is 11.1 Å². The Morgan fingerprint density at radius 1 is 1.41 bits per heavy atom. The number of nitro benzene ring substituents is 1. The highest BCUT2D eigenvalue weighted by Crippen LogP contribution is 2.22. The molecule has 1 aromatic carbocycles. The van der Waals surface area contributed by atoms with Gasteiger partial charge in [0.25, 0.3) is 5.69 Å². The van der Waals surface area contributed by atoms with Gasteiger partial charge in [0.1, 0.15) is 0 Å². The van der Waals surface area contributed by atoms with E-state index in [9.17, 15) is 28.1 Å². The van der Waals surface area contributed by atoms with E-state index in [-0.39, 0.29) is 11.3 Å². The quantitative estimate of drug-likeness (QED) is 0.609. The molecule has 0 aliphatic carbocycles. The SMILES string of the molecule is Cc1ccc([N+](=O)[O-])cc1CC(=O)C(F)(F)F. The summed E-state index contributed by atoms with van der Waals surface area (Å²) in [6.07, 6.45) is -5.80. The molecule has 0 fully saturated rings. The molecular formula is C10H8F3NO3. The third-order valence-electron chi connectivity index (χ3n) is 2.21. The van der Waals surface area contributed by atoms with Gasteiger partial charge in [-0.1, -0.05) is 6.07 Å². The molecule has 0 aliphatic rings. The van der Waals surface area contributed by atoms with Gasteiger partial charge in [0, 0.05) is 18.6 Å². The summed E-state index contributed by atoms with van der Waals surface area (Å²) in [6.45, 7) is 1.49. The molecule has 0 saturated carbocycles. The van der Waals surface area contributed by atoms with Crippen molar-refractivity contribution in [1.29, 1.82) is 0 Å². The molecule has 0 atom stereocenters. The van der Waals surface area contributed by atoms with Crippen molar-refractivity contribution in [2.75, 3.05) is 0 Å². The second-order valence-electron chi connectivity index (χ2n) is 3.47. The number of carbonyl (C=O) groups is 1. The van der Waals surface area contributed by atoms with Crippen molar-refractivity contribution in [3.63, 3.8) is 0 Å². The van der Waals surface area contributed by atoms with Crippen molar-refractivity contribution < 1.29 is 22.9 Å².